The molecule has 152 valence electrons. The second-order valence-corrected chi connectivity index (χ2v) is 8.22. The van der Waals surface area contributed by atoms with Crippen LogP contribution >= 0.6 is 0 Å². The van der Waals surface area contributed by atoms with Crippen molar-refractivity contribution in [3.63, 3.8) is 0 Å². The molecule has 1 saturated heterocycles. The minimum atomic E-state index is 0.0730. The monoisotopic (exact) mass is 393 g/mol. The quantitative estimate of drug-likeness (QED) is 0.837. The van der Waals surface area contributed by atoms with E-state index in [1.165, 1.54) is 12.8 Å². The number of ether oxygens (including phenoxy) is 1. The predicted molar refractivity (Wildman–Crippen MR) is 110 cm³/mol. The molecule has 2 aliphatic heterocycles. The van der Waals surface area contributed by atoms with E-state index in [-0.39, 0.29) is 11.9 Å². The third-order valence-corrected chi connectivity index (χ3v) is 5.90. The summed E-state index contributed by atoms with van der Waals surface area (Å²) in [6.07, 6.45) is 5.26. The molecule has 0 bridgehead atoms. The molecule has 1 unspecified atom stereocenters. The summed E-state index contributed by atoms with van der Waals surface area (Å²) in [5, 5.41) is 3.20. The van der Waals surface area contributed by atoms with E-state index < -0.39 is 0 Å². The number of fused-ring (bicyclic) bond motifs is 1. The summed E-state index contributed by atoms with van der Waals surface area (Å²) < 4.78 is 5.79. The Labute approximate surface area is 171 Å². The van der Waals surface area contributed by atoms with Gasteiger partial charge in [0, 0.05) is 55.6 Å². The van der Waals surface area contributed by atoms with Gasteiger partial charge >= 0.3 is 0 Å². The maximum Gasteiger partial charge on any atom is 0.234 e. The first-order chi connectivity index (χ1) is 14.2. The van der Waals surface area contributed by atoms with E-state index in [0.717, 1.165) is 55.6 Å². The molecule has 3 heterocycles. The topological polar surface area (TPSA) is 70.6 Å². The number of hydrogen-bond acceptors (Lipinski definition) is 6. The van der Waals surface area contributed by atoms with Crippen LogP contribution in [-0.4, -0.2) is 59.6 Å². The number of nitrogens with one attached hydrogen (secondary N) is 1. The molecule has 2 fully saturated rings. The van der Waals surface area contributed by atoms with Gasteiger partial charge in [-0.15, -0.1) is 0 Å². The molecule has 5 rings (SSSR count). The van der Waals surface area contributed by atoms with E-state index in [2.05, 4.69) is 26.2 Å². The van der Waals surface area contributed by atoms with Crippen molar-refractivity contribution in [2.75, 3.05) is 37.7 Å². The van der Waals surface area contributed by atoms with Crippen LogP contribution in [0.3, 0.4) is 0 Å². The van der Waals surface area contributed by atoms with Crippen molar-refractivity contribution in [3.8, 4) is 5.75 Å². The van der Waals surface area contributed by atoms with Gasteiger partial charge in [0.25, 0.3) is 0 Å². The lowest BCUT2D eigenvalue weighted by Gasteiger charge is -2.21. The van der Waals surface area contributed by atoms with Crippen molar-refractivity contribution < 1.29 is 9.53 Å². The molecule has 7 heteroatoms. The summed E-state index contributed by atoms with van der Waals surface area (Å²) in [5.74, 6) is 2.42. The Kier molecular flexibility index (Phi) is 5.06. The molecule has 2 aromatic rings. The highest BCUT2D eigenvalue weighted by Crippen LogP contribution is 2.39. The summed E-state index contributed by atoms with van der Waals surface area (Å²) in [7, 11) is 0. The summed E-state index contributed by atoms with van der Waals surface area (Å²) >= 11 is 0. The van der Waals surface area contributed by atoms with Gasteiger partial charge in [-0.2, -0.15) is 0 Å². The van der Waals surface area contributed by atoms with Crippen molar-refractivity contribution >= 4 is 11.9 Å². The molecule has 29 heavy (non-hydrogen) atoms. The van der Waals surface area contributed by atoms with Crippen LogP contribution in [0.4, 0.5) is 5.95 Å². The van der Waals surface area contributed by atoms with Crippen LogP contribution in [-0.2, 0) is 11.3 Å². The minimum absolute atomic E-state index is 0.0730. The Balaban J connectivity index is 1.14. The molecule has 1 aliphatic carbocycles. The molecular formula is C22H27N5O2. The molecule has 1 aromatic heterocycles. The van der Waals surface area contributed by atoms with Crippen LogP contribution in [0.25, 0.3) is 0 Å². The number of nitrogens with zero attached hydrogens (tertiary/aromatic N) is 4. The summed E-state index contributed by atoms with van der Waals surface area (Å²) in [4.78, 5) is 26.2. The molecule has 7 nitrogen and oxygen atoms in total. The Hall–Kier alpha value is -2.67. The predicted octanol–water partition coefficient (Wildman–Crippen LogP) is 1.94. The second kappa shape index (κ2) is 7.99. The summed E-state index contributed by atoms with van der Waals surface area (Å²) in [5.41, 5.74) is 2.30. The standard InChI is InChI=1S/C22H27N5O2/c28-21(15-26-11-12-29-20-4-2-1-3-17(20)13-26)24-18-8-10-27(14-18)22-23-9-7-19(25-22)16-5-6-16/h1-4,7,9,16,18H,5-6,8,10-15H2,(H,24,28). The van der Waals surface area contributed by atoms with Crippen LogP contribution in [0, 0.1) is 0 Å². The molecule has 1 amide bonds. The molecule has 3 aliphatic rings. The van der Waals surface area contributed by atoms with Gasteiger partial charge in [0.05, 0.1) is 6.54 Å². The third-order valence-electron chi connectivity index (χ3n) is 5.90. The van der Waals surface area contributed by atoms with Crippen molar-refractivity contribution in [1.82, 2.24) is 20.2 Å². The maximum atomic E-state index is 12.6. The zero-order valence-corrected chi connectivity index (χ0v) is 16.6. The fraction of sp³-hybridized carbons (Fsp3) is 0.500. The molecule has 0 radical (unpaired) electrons. The number of amides is 1. The van der Waals surface area contributed by atoms with Crippen LogP contribution in [0.1, 0.15) is 36.4 Å². The number of hydrogen-bond donors (Lipinski definition) is 1. The number of carbonyl (C=O) groups is 1. The van der Waals surface area contributed by atoms with Gasteiger partial charge in [-0.05, 0) is 31.4 Å². The van der Waals surface area contributed by atoms with Gasteiger partial charge in [0.2, 0.25) is 11.9 Å². The molecular weight excluding hydrogens is 366 g/mol. The number of benzene rings is 1. The molecule has 1 aromatic carbocycles. The number of rotatable bonds is 5. The van der Waals surface area contributed by atoms with Crippen molar-refractivity contribution in [1.29, 1.82) is 0 Å². The number of carbonyl (C=O) groups excluding carboxylic acids is 1. The smallest absolute Gasteiger partial charge is 0.234 e. The third kappa shape index (κ3) is 4.34. The average molecular weight is 393 g/mol. The van der Waals surface area contributed by atoms with Gasteiger partial charge in [-0.3, -0.25) is 9.69 Å². The summed E-state index contributed by atoms with van der Waals surface area (Å²) in [6, 6.07) is 10.2. The largest absolute Gasteiger partial charge is 0.492 e. The Bertz CT molecular complexity index is 885. The first-order valence-corrected chi connectivity index (χ1v) is 10.5. The van der Waals surface area contributed by atoms with Gasteiger partial charge in [-0.1, -0.05) is 18.2 Å². The maximum absolute atomic E-state index is 12.6. The van der Waals surface area contributed by atoms with Gasteiger partial charge in [-0.25, -0.2) is 9.97 Å². The Morgan fingerprint density at radius 1 is 1.17 bits per heavy atom. The zero-order chi connectivity index (χ0) is 19.6. The number of aromatic nitrogens is 2. The summed E-state index contributed by atoms with van der Waals surface area (Å²) in [6.45, 7) is 4.14. The Morgan fingerprint density at radius 3 is 2.97 bits per heavy atom. The molecule has 1 atom stereocenters. The average Bonchev–Trinajstić information content (AvgIpc) is 3.51. The highest BCUT2D eigenvalue weighted by Gasteiger charge is 2.29. The Morgan fingerprint density at radius 2 is 2.07 bits per heavy atom. The zero-order valence-electron chi connectivity index (χ0n) is 16.6. The first kappa shape index (κ1) is 18.4. The molecule has 1 saturated carbocycles. The highest BCUT2D eigenvalue weighted by molar-refractivity contribution is 5.78. The number of anilines is 1. The fourth-order valence-electron chi connectivity index (χ4n) is 4.17. The second-order valence-electron chi connectivity index (χ2n) is 8.22. The van der Waals surface area contributed by atoms with Gasteiger partial charge in [0.1, 0.15) is 12.4 Å². The lowest BCUT2D eigenvalue weighted by molar-refractivity contribution is -0.123. The highest BCUT2D eigenvalue weighted by atomic mass is 16.5. The molecule has 1 N–H and O–H groups in total. The SMILES string of the molecule is O=C(CN1CCOc2ccccc2C1)NC1CCN(c2nccc(C3CC3)n2)C1. The van der Waals surface area contributed by atoms with Crippen molar-refractivity contribution in [2.24, 2.45) is 0 Å². The lowest BCUT2D eigenvalue weighted by Crippen LogP contribution is -2.43. The van der Waals surface area contributed by atoms with Crippen LogP contribution in [0.2, 0.25) is 0 Å². The van der Waals surface area contributed by atoms with E-state index in [1.807, 2.05) is 30.5 Å². The number of para-hydroxylation sites is 1. The van der Waals surface area contributed by atoms with Crippen LogP contribution in [0.15, 0.2) is 36.5 Å². The lowest BCUT2D eigenvalue weighted by atomic mass is 10.2. The minimum Gasteiger partial charge on any atom is -0.492 e. The van der Waals surface area contributed by atoms with E-state index in [1.54, 1.807) is 0 Å². The van der Waals surface area contributed by atoms with E-state index in [0.29, 0.717) is 19.1 Å². The van der Waals surface area contributed by atoms with E-state index >= 15 is 0 Å². The van der Waals surface area contributed by atoms with E-state index in [9.17, 15) is 4.79 Å². The van der Waals surface area contributed by atoms with Crippen molar-refractivity contribution in [3.05, 3.63) is 47.8 Å². The van der Waals surface area contributed by atoms with Crippen LogP contribution < -0.4 is 15.0 Å². The normalized spacial score (nSPS) is 21.9. The van der Waals surface area contributed by atoms with Crippen molar-refractivity contribution in [2.45, 2.75) is 37.8 Å². The van der Waals surface area contributed by atoms with Crippen LogP contribution in [0.5, 0.6) is 5.75 Å². The first-order valence-electron chi connectivity index (χ1n) is 10.5. The van der Waals surface area contributed by atoms with Gasteiger partial charge < -0.3 is 15.0 Å². The molecule has 0 spiro atoms. The fourth-order valence-corrected chi connectivity index (χ4v) is 4.17. The van der Waals surface area contributed by atoms with Gasteiger partial charge in [0.15, 0.2) is 0 Å². The van der Waals surface area contributed by atoms with E-state index in [4.69, 9.17) is 9.72 Å².